The average molecular weight is 397 g/mol. The van der Waals surface area contributed by atoms with Crippen LogP contribution in [0, 0.1) is 16.0 Å². The summed E-state index contributed by atoms with van der Waals surface area (Å²) >= 11 is 0. The molecule has 2 aromatic rings. The Labute approximate surface area is 166 Å². The van der Waals surface area contributed by atoms with Crippen LogP contribution in [0.25, 0.3) is 0 Å². The molecule has 1 atom stereocenters. The zero-order chi connectivity index (χ0) is 21.1. The van der Waals surface area contributed by atoms with Crippen molar-refractivity contribution in [3.05, 3.63) is 58.1 Å². The molecule has 0 unspecified atom stereocenters. The van der Waals surface area contributed by atoms with Crippen LogP contribution < -0.4 is 15.0 Å². The number of nitro groups is 1. The minimum atomic E-state index is -0.608. The van der Waals surface area contributed by atoms with Gasteiger partial charge in [-0.15, -0.1) is 0 Å². The van der Waals surface area contributed by atoms with Gasteiger partial charge in [0.05, 0.1) is 29.7 Å². The Balaban J connectivity index is 1.76. The fourth-order valence-corrected chi connectivity index (χ4v) is 3.18. The number of nitrogens with zero attached hydrogens (tertiary/aromatic N) is 2. The molecule has 2 aromatic carbocycles. The molecule has 1 saturated heterocycles. The maximum atomic E-state index is 12.6. The van der Waals surface area contributed by atoms with Gasteiger partial charge in [-0.3, -0.25) is 24.5 Å². The minimum absolute atomic E-state index is 0.00161. The second-order valence-corrected chi connectivity index (χ2v) is 6.64. The molecule has 1 heterocycles. The molecule has 29 heavy (non-hydrogen) atoms. The van der Waals surface area contributed by atoms with Crippen molar-refractivity contribution in [1.82, 2.24) is 0 Å². The summed E-state index contributed by atoms with van der Waals surface area (Å²) in [5.74, 6) is -1.17. The summed E-state index contributed by atoms with van der Waals surface area (Å²) < 4.78 is 5.19. The van der Waals surface area contributed by atoms with Crippen molar-refractivity contribution in [3.8, 4) is 5.75 Å². The van der Waals surface area contributed by atoms with Crippen LogP contribution in [-0.2, 0) is 9.59 Å². The van der Waals surface area contributed by atoms with E-state index in [1.54, 1.807) is 24.3 Å². The number of ether oxygens (including phenoxy) is 1. The largest absolute Gasteiger partial charge is 0.494 e. The SMILES string of the molecule is COc1cc([N+](=O)[O-])ccc1N1C[C@H](C(=O)Nc2cccc(C(C)=O)c2)CC1=O. The van der Waals surface area contributed by atoms with E-state index in [2.05, 4.69) is 5.32 Å². The highest BCUT2D eigenvalue weighted by Gasteiger charge is 2.36. The number of nitro benzene ring substituents is 1. The summed E-state index contributed by atoms with van der Waals surface area (Å²) in [5, 5.41) is 13.7. The summed E-state index contributed by atoms with van der Waals surface area (Å²) in [6.07, 6.45) is -0.00161. The molecule has 9 nitrogen and oxygen atoms in total. The van der Waals surface area contributed by atoms with Crippen LogP contribution in [0.15, 0.2) is 42.5 Å². The van der Waals surface area contributed by atoms with Crippen molar-refractivity contribution in [2.45, 2.75) is 13.3 Å². The van der Waals surface area contributed by atoms with Crippen LogP contribution in [0.1, 0.15) is 23.7 Å². The summed E-state index contributed by atoms with van der Waals surface area (Å²) in [6, 6.07) is 10.5. The molecular weight excluding hydrogens is 378 g/mol. The number of Topliss-reactive ketones (excluding diaryl/α,β-unsaturated/α-hetero) is 1. The van der Waals surface area contributed by atoms with Gasteiger partial charge in [0.1, 0.15) is 5.75 Å². The van der Waals surface area contributed by atoms with Crippen LogP contribution in [-0.4, -0.2) is 36.2 Å². The van der Waals surface area contributed by atoms with E-state index in [0.29, 0.717) is 16.9 Å². The third kappa shape index (κ3) is 4.23. The lowest BCUT2D eigenvalue weighted by atomic mass is 10.1. The summed E-state index contributed by atoms with van der Waals surface area (Å²) in [7, 11) is 1.36. The first-order valence-electron chi connectivity index (χ1n) is 8.85. The molecule has 1 aliphatic heterocycles. The van der Waals surface area contributed by atoms with E-state index in [1.807, 2.05) is 0 Å². The molecular formula is C20H19N3O6. The molecule has 9 heteroatoms. The summed E-state index contributed by atoms with van der Waals surface area (Å²) in [6.45, 7) is 1.55. The number of rotatable bonds is 6. The smallest absolute Gasteiger partial charge is 0.273 e. The predicted molar refractivity (Wildman–Crippen MR) is 105 cm³/mol. The van der Waals surface area contributed by atoms with Crippen molar-refractivity contribution in [2.24, 2.45) is 5.92 Å². The van der Waals surface area contributed by atoms with Crippen LogP contribution in [0.3, 0.4) is 0 Å². The van der Waals surface area contributed by atoms with Crippen molar-refractivity contribution in [2.75, 3.05) is 23.9 Å². The van der Waals surface area contributed by atoms with E-state index in [-0.39, 0.29) is 42.0 Å². The maximum Gasteiger partial charge on any atom is 0.273 e. The van der Waals surface area contributed by atoms with Crippen molar-refractivity contribution in [1.29, 1.82) is 0 Å². The number of nitrogens with one attached hydrogen (secondary N) is 1. The van der Waals surface area contributed by atoms with Gasteiger partial charge in [-0.05, 0) is 25.1 Å². The summed E-state index contributed by atoms with van der Waals surface area (Å²) in [4.78, 5) is 48.4. The molecule has 150 valence electrons. The lowest BCUT2D eigenvalue weighted by Crippen LogP contribution is -2.28. The Morgan fingerprint density at radius 2 is 2.00 bits per heavy atom. The van der Waals surface area contributed by atoms with E-state index in [0.717, 1.165) is 0 Å². The van der Waals surface area contributed by atoms with Gasteiger partial charge in [0.25, 0.3) is 5.69 Å². The number of benzene rings is 2. The molecule has 0 aromatic heterocycles. The molecule has 1 aliphatic rings. The average Bonchev–Trinajstić information content (AvgIpc) is 3.09. The standard InChI is InChI=1S/C20H19N3O6/c1-12(24)13-4-3-5-15(8-13)21-20(26)14-9-19(25)22(11-14)17-7-6-16(23(27)28)10-18(17)29-2/h3-8,10,14H,9,11H2,1-2H3,(H,21,26)/t14-/m1/s1. The van der Waals surface area contributed by atoms with E-state index in [9.17, 15) is 24.5 Å². The van der Waals surface area contributed by atoms with Gasteiger partial charge in [-0.2, -0.15) is 0 Å². The van der Waals surface area contributed by atoms with E-state index < -0.39 is 10.8 Å². The number of non-ortho nitro benzene ring substituents is 1. The Bertz CT molecular complexity index is 1000. The van der Waals surface area contributed by atoms with Crippen LogP contribution in [0.4, 0.5) is 17.1 Å². The topological polar surface area (TPSA) is 119 Å². The van der Waals surface area contributed by atoms with Gasteiger partial charge in [-0.25, -0.2) is 0 Å². The van der Waals surface area contributed by atoms with Gasteiger partial charge in [0, 0.05) is 30.3 Å². The van der Waals surface area contributed by atoms with Gasteiger partial charge in [0.2, 0.25) is 11.8 Å². The highest BCUT2D eigenvalue weighted by Crippen LogP contribution is 2.36. The minimum Gasteiger partial charge on any atom is -0.494 e. The normalized spacial score (nSPS) is 15.9. The van der Waals surface area contributed by atoms with Gasteiger partial charge in [-0.1, -0.05) is 12.1 Å². The number of ketones is 1. The Hall–Kier alpha value is -3.75. The Morgan fingerprint density at radius 3 is 2.66 bits per heavy atom. The summed E-state index contributed by atoms with van der Waals surface area (Å²) in [5.41, 5.74) is 1.16. The highest BCUT2D eigenvalue weighted by atomic mass is 16.6. The van der Waals surface area contributed by atoms with Crippen molar-refractivity contribution >= 4 is 34.7 Å². The van der Waals surface area contributed by atoms with Crippen LogP contribution in [0.5, 0.6) is 5.75 Å². The maximum absolute atomic E-state index is 12.6. The molecule has 2 amide bonds. The van der Waals surface area contributed by atoms with E-state index >= 15 is 0 Å². The molecule has 0 spiro atoms. The number of anilines is 2. The fourth-order valence-electron chi connectivity index (χ4n) is 3.18. The monoisotopic (exact) mass is 397 g/mol. The van der Waals surface area contributed by atoms with Gasteiger partial charge in [0.15, 0.2) is 5.78 Å². The first-order valence-corrected chi connectivity index (χ1v) is 8.85. The second-order valence-electron chi connectivity index (χ2n) is 6.64. The number of carbonyl (C=O) groups is 3. The van der Waals surface area contributed by atoms with Crippen molar-refractivity contribution < 1.29 is 24.0 Å². The lowest BCUT2D eigenvalue weighted by Gasteiger charge is -2.19. The number of hydrogen-bond donors (Lipinski definition) is 1. The van der Waals surface area contributed by atoms with Crippen LogP contribution >= 0.6 is 0 Å². The molecule has 0 radical (unpaired) electrons. The number of hydrogen-bond acceptors (Lipinski definition) is 6. The molecule has 0 bridgehead atoms. The highest BCUT2D eigenvalue weighted by molar-refractivity contribution is 6.04. The third-order valence-electron chi connectivity index (χ3n) is 4.70. The quantitative estimate of drug-likeness (QED) is 0.455. The Morgan fingerprint density at radius 1 is 1.24 bits per heavy atom. The molecule has 3 rings (SSSR count). The first kappa shape index (κ1) is 20.0. The van der Waals surface area contributed by atoms with Gasteiger partial charge >= 0.3 is 0 Å². The van der Waals surface area contributed by atoms with Gasteiger partial charge < -0.3 is 15.0 Å². The second kappa shape index (κ2) is 8.09. The lowest BCUT2D eigenvalue weighted by molar-refractivity contribution is -0.384. The first-order chi connectivity index (χ1) is 13.8. The Kier molecular flexibility index (Phi) is 5.58. The molecule has 1 N–H and O–H groups in total. The fraction of sp³-hybridized carbons (Fsp3) is 0.250. The number of carbonyl (C=O) groups excluding carboxylic acids is 3. The molecule has 0 aliphatic carbocycles. The van der Waals surface area contributed by atoms with Crippen molar-refractivity contribution in [3.63, 3.8) is 0 Å². The number of amides is 2. The van der Waals surface area contributed by atoms with Crippen LogP contribution in [0.2, 0.25) is 0 Å². The zero-order valence-electron chi connectivity index (χ0n) is 15.9. The molecule has 0 saturated carbocycles. The van der Waals surface area contributed by atoms with E-state index in [1.165, 1.54) is 37.1 Å². The molecule has 1 fully saturated rings. The number of methoxy groups -OCH3 is 1. The third-order valence-corrected chi connectivity index (χ3v) is 4.70. The predicted octanol–water partition coefficient (Wildman–Crippen LogP) is 2.80. The zero-order valence-corrected chi connectivity index (χ0v) is 15.9. The van der Waals surface area contributed by atoms with E-state index in [4.69, 9.17) is 4.74 Å².